The molecule has 12 heteroatoms. The van der Waals surface area contributed by atoms with E-state index in [0.717, 1.165) is 60.7 Å². The molecule has 2 aliphatic carbocycles. The van der Waals surface area contributed by atoms with E-state index in [2.05, 4.69) is 63.4 Å². The molecule has 3 aromatic rings. The number of hydrogen-bond donors (Lipinski definition) is 4. The fourth-order valence-corrected chi connectivity index (χ4v) is 7.52. The van der Waals surface area contributed by atoms with Crippen LogP contribution in [-0.4, -0.2) is 82.3 Å². The van der Waals surface area contributed by atoms with Gasteiger partial charge in [0.05, 0.1) is 41.5 Å². The van der Waals surface area contributed by atoms with Crippen molar-refractivity contribution in [2.24, 2.45) is 5.41 Å². The first-order chi connectivity index (χ1) is 21.6. The van der Waals surface area contributed by atoms with Gasteiger partial charge in [-0.1, -0.05) is 18.1 Å². The van der Waals surface area contributed by atoms with E-state index >= 15 is 4.39 Å². The van der Waals surface area contributed by atoms with E-state index in [-0.39, 0.29) is 47.7 Å². The molecule has 0 radical (unpaired) electrons. The monoisotopic (exact) mass is 620 g/mol. The van der Waals surface area contributed by atoms with Crippen LogP contribution >= 0.6 is 0 Å². The summed E-state index contributed by atoms with van der Waals surface area (Å²) < 4.78 is 29.5. The maximum absolute atomic E-state index is 16.3. The number of alkyl halides is 1. The van der Waals surface area contributed by atoms with Gasteiger partial charge < -0.3 is 40.1 Å². The molecular weight excluding hydrogens is 575 g/mol. The van der Waals surface area contributed by atoms with Crippen LogP contribution in [0.15, 0.2) is 40.6 Å². The average molecular weight is 621 g/mol. The third-order valence-corrected chi connectivity index (χ3v) is 10.7. The van der Waals surface area contributed by atoms with Gasteiger partial charge in [0.15, 0.2) is 0 Å². The molecule has 1 aromatic carbocycles. The molecule has 242 valence electrons. The SMILES string of the molecule is CCn1c(-c2noc(CNC(=O)/C(C=N)=C/N[C@@H]3CCC[C@@H]3OC)n2)cc2c(N[C@@H]3CCN(C)C(C)[C@]4(C)C[C@]34F)cccc21. The van der Waals surface area contributed by atoms with E-state index in [0.29, 0.717) is 18.8 Å². The summed E-state index contributed by atoms with van der Waals surface area (Å²) in [6, 6.07) is 8.07. The van der Waals surface area contributed by atoms with Crippen LogP contribution in [0.3, 0.4) is 0 Å². The lowest BCUT2D eigenvalue weighted by molar-refractivity contribution is -0.117. The largest absolute Gasteiger partial charge is 0.385 e. The highest BCUT2D eigenvalue weighted by atomic mass is 19.1. The zero-order valence-electron chi connectivity index (χ0n) is 26.8. The van der Waals surface area contributed by atoms with Gasteiger partial charge in [0, 0.05) is 55.1 Å². The van der Waals surface area contributed by atoms with Crippen molar-refractivity contribution in [3.05, 3.63) is 41.9 Å². The van der Waals surface area contributed by atoms with Gasteiger partial charge in [0.25, 0.3) is 5.91 Å². The van der Waals surface area contributed by atoms with Crippen LogP contribution in [0, 0.1) is 10.8 Å². The second-order valence-electron chi connectivity index (χ2n) is 13.0. The van der Waals surface area contributed by atoms with Crippen molar-refractivity contribution in [2.75, 3.05) is 26.0 Å². The minimum absolute atomic E-state index is 0.0200. The van der Waals surface area contributed by atoms with Crippen molar-refractivity contribution in [1.82, 2.24) is 30.2 Å². The Kier molecular flexibility index (Phi) is 8.47. The quantitative estimate of drug-likeness (QED) is 0.180. The number of aromatic nitrogens is 3. The maximum atomic E-state index is 16.3. The molecule has 0 bridgehead atoms. The van der Waals surface area contributed by atoms with E-state index in [1.807, 2.05) is 24.3 Å². The van der Waals surface area contributed by atoms with Crippen LogP contribution in [0.4, 0.5) is 10.1 Å². The number of methoxy groups -OCH3 is 1. The Morgan fingerprint density at radius 1 is 1.31 bits per heavy atom. The molecule has 3 heterocycles. The Hall–Kier alpha value is -3.77. The van der Waals surface area contributed by atoms with Crippen LogP contribution in [0.2, 0.25) is 0 Å². The molecule has 11 nitrogen and oxygen atoms in total. The Balaban J connectivity index is 1.17. The minimum Gasteiger partial charge on any atom is -0.385 e. The molecule has 1 amide bonds. The molecule has 4 N–H and O–H groups in total. The summed E-state index contributed by atoms with van der Waals surface area (Å²) in [6.07, 6.45) is 6.94. The van der Waals surface area contributed by atoms with Crippen molar-refractivity contribution in [3.63, 3.8) is 0 Å². The van der Waals surface area contributed by atoms with E-state index in [1.54, 1.807) is 13.3 Å². The number of aryl methyl sites for hydroxylation is 1. The first-order valence-corrected chi connectivity index (χ1v) is 16.0. The van der Waals surface area contributed by atoms with Crippen LogP contribution in [0.5, 0.6) is 0 Å². The molecule has 6 rings (SSSR count). The van der Waals surface area contributed by atoms with Gasteiger partial charge in [-0.2, -0.15) is 4.98 Å². The van der Waals surface area contributed by atoms with Gasteiger partial charge in [-0.05, 0) is 71.2 Å². The molecule has 1 unspecified atom stereocenters. The van der Waals surface area contributed by atoms with Gasteiger partial charge in [-0.15, -0.1) is 0 Å². The molecule has 2 saturated carbocycles. The fourth-order valence-electron chi connectivity index (χ4n) is 7.52. The fraction of sp³-hybridized carbons (Fsp3) is 0.576. The Morgan fingerprint density at radius 2 is 2.13 bits per heavy atom. The Morgan fingerprint density at radius 3 is 2.89 bits per heavy atom. The van der Waals surface area contributed by atoms with Crippen molar-refractivity contribution >= 4 is 28.7 Å². The smallest absolute Gasteiger partial charge is 0.254 e. The van der Waals surface area contributed by atoms with E-state index in [9.17, 15) is 4.79 Å². The first kappa shape index (κ1) is 31.2. The van der Waals surface area contributed by atoms with Crippen molar-refractivity contribution in [1.29, 1.82) is 5.41 Å². The second-order valence-corrected chi connectivity index (χ2v) is 13.0. The highest BCUT2D eigenvalue weighted by Gasteiger charge is 2.73. The number of amides is 1. The number of ether oxygens (including phenoxy) is 1. The number of halogens is 1. The Labute approximate surface area is 263 Å². The van der Waals surface area contributed by atoms with Gasteiger partial charge in [-0.3, -0.25) is 4.79 Å². The number of hydrogen-bond acceptors (Lipinski definition) is 9. The number of rotatable bonds is 11. The number of nitrogens with one attached hydrogen (secondary N) is 4. The lowest BCUT2D eigenvalue weighted by Gasteiger charge is -2.29. The predicted octanol–water partition coefficient (Wildman–Crippen LogP) is 4.64. The molecule has 3 fully saturated rings. The minimum atomic E-state index is -1.26. The van der Waals surface area contributed by atoms with Gasteiger partial charge in [-0.25, -0.2) is 4.39 Å². The topological polar surface area (TPSA) is 133 Å². The summed E-state index contributed by atoms with van der Waals surface area (Å²) in [4.78, 5) is 19.6. The van der Waals surface area contributed by atoms with Gasteiger partial charge >= 0.3 is 0 Å². The summed E-state index contributed by atoms with van der Waals surface area (Å²) in [5.41, 5.74) is 1.23. The summed E-state index contributed by atoms with van der Waals surface area (Å²) in [7, 11) is 3.78. The molecule has 0 spiro atoms. The van der Waals surface area contributed by atoms with E-state index in [1.165, 1.54) is 0 Å². The molecule has 45 heavy (non-hydrogen) atoms. The normalized spacial score (nSPS) is 30.1. The van der Waals surface area contributed by atoms with E-state index in [4.69, 9.17) is 14.7 Å². The number of carbonyl (C=O) groups is 1. The third-order valence-electron chi connectivity index (χ3n) is 10.7. The molecule has 3 aliphatic rings. The zero-order valence-corrected chi connectivity index (χ0v) is 26.8. The number of carbonyl (C=O) groups excluding carboxylic acids is 1. The zero-order chi connectivity index (χ0) is 31.9. The maximum Gasteiger partial charge on any atom is 0.254 e. The molecule has 6 atom stereocenters. The molecule has 1 saturated heterocycles. The lowest BCUT2D eigenvalue weighted by atomic mass is 9.92. The van der Waals surface area contributed by atoms with E-state index < -0.39 is 11.6 Å². The first-order valence-electron chi connectivity index (χ1n) is 16.0. The molecule has 2 aromatic heterocycles. The summed E-state index contributed by atoms with van der Waals surface area (Å²) in [6.45, 7) is 7.79. The Bertz CT molecular complexity index is 1600. The number of nitrogens with zero attached hydrogens (tertiary/aromatic N) is 4. The number of fused-ring (bicyclic) bond motifs is 2. The van der Waals surface area contributed by atoms with Crippen LogP contribution in [0.1, 0.15) is 58.8 Å². The van der Waals surface area contributed by atoms with Gasteiger partial charge in [0.1, 0.15) is 5.67 Å². The number of anilines is 1. The highest BCUT2D eigenvalue weighted by Crippen LogP contribution is 2.65. The lowest BCUT2D eigenvalue weighted by Crippen LogP contribution is -2.39. The summed E-state index contributed by atoms with van der Waals surface area (Å²) >= 11 is 0. The van der Waals surface area contributed by atoms with Crippen molar-refractivity contribution in [3.8, 4) is 11.5 Å². The predicted molar refractivity (Wildman–Crippen MR) is 172 cm³/mol. The van der Waals surface area contributed by atoms with Crippen LogP contribution < -0.4 is 16.0 Å². The van der Waals surface area contributed by atoms with Crippen LogP contribution in [0.25, 0.3) is 22.4 Å². The van der Waals surface area contributed by atoms with Crippen LogP contribution in [-0.2, 0) is 22.6 Å². The average Bonchev–Trinajstić information content (AvgIpc) is 3.53. The number of likely N-dealkylation sites (tertiary alicyclic amines) is 1. The molecular formula is C33H45FN8O3. The third kappa shape index (κ3) is 5.52. The van der Waals surface area contributed by atoms with Crippen molar-refractivity contribution in [2.45, 2.75) is 95.9 Å². The highest BCUT2D eigenvalue weighted by molar-refractivity contribution is 6.11. The summed E-state index contributed by atoms with van der Waals surface area (Å²) in [5.74, 6) is 0.238. The molecule has 1 aliphatic heterocycles. The standard InChI is InChI=1S/C33H45FN8O3/c1-6-42-25-11-7-9-23(38-28-13-14-41(4)20(2)32(3)19-33(28,32)34)22(25)15-26(42)30-39-29(45-40-30)18-37-31(43)21(16-35)17-36-24-10-8-12-27(24)44-5/h7,9,11,15-17,20,24,27-28,35-36,38H,6,8,10,12-14,18-19H2,1-5H3,(H,37,43)/b21-17+,35-16?/t20?,24-,27+,28-,32+,33+/m1/s1. The number of benzene rings is 1. The van der Waals surface area contributed by atoms with Gasteiger partial charge in [0.2, 0.25) is 11.7 Å². The second kappa shape index (κ2) is 12.2. The van der Waals surface area contributed by atoms with Crippen molar-refractivity contribution < 1.29 is 18.4 Å². The summed E-state index contributed by atoms with van der Waals surface area (Å²) in [5, 5.41) is 22.5.